The number of likely N-dealkylation sites (tertiary alicyclic amines) is 1. The highest BCUT2D eigenvalue weighted by Gasteiger charge is 2.39. The summed E-state index contributed by atoms with van der Waals surface area (Å²) >= 11 is 0. The lowest BCUT2D eigenvalue weighted by atomic mass is 9.80. The molecule has 0 aliphatic carbocycles. The molecule has 1 aliphatic heterocycles. The Labute approximate surface area is 114 Å². The molecule has 0 amide bonds. The Kier molecular flexibility index (Phi) is 6.65. The van der Waals surface area contributed by atoms with Crippen LogP contribution in [-0.4, -0.2) is 29.6 Å². The minimum Gasteiger partial charge on any atom is -0.329 e. The van der Waals surface area contributed by atoms with Crippen molar-refractivity contribution in [2.24, 2.45) is 11.7 Å². The molecular formula is C16H34N2. The molecule has 3 atom stereocenters. The summed E-state index contributed by atoms with van der Waals surface area (Å²) in [6, 6.07) is 0.770. The third-order valence-electron chi connectivity index (χ3n) is 5.17. The first-order valence-corrected chi connectivity index (χ1v) is 8.10. The molecule has 2 N–H and O–H groups in total. The minimum absolute atomic E-state index is 0.260. The van der Waals surface area contributed by atoms with Crippen molar-refractivity contribution in [3.8, 4) is 0 Å². The van der Waals surface area contributed by atoms with Gasteiger partial charge in [0.15, 0.2) is 0 Å². The van der Waals surface area contributed by atoms with E-state index in [9.17, 15) is 0 Å². The van der Waals surface area contributed by atoms with E-state index in [1.807, 2.05) is 0 Å². The Morgan fingerprint density at radius 2 is 2.00 bits per heavy atom. The summed E-state index contributed by atoms with van der Waals surface area (Å²) in [6.07, 6.45) is 9.16. The van der Waals surface area contributed by atoms with E-state index in [0.29, 0.717) is 0 Å². The third kappa shape index (κ3) is 3.48. The van der Waals surface area contributed by atoms with Crippen molar-refractivity contribution in [1.29, 1.82) is 0 Å². The molecule has 1 aliphatic rings. The summed E-state index contributed by atoms with van der Waals surface area (Å²) in [5, 5.41) is 0. The van der Waals surface area contributed by atoms with Gasteiger partial charge in [0.05, 0.1) is 0 Å². The lowest BCUT2D eigenvalue weighted by Crippen LogP contribution is -2.59. The van der Waals surface area contributed by atoms with Gasteiger partial charge in [0.25, 0.3) is 0 Å². The smallest absolute Gasteiger partial charge is 0.0334 e. The van der Waals surface area contributed by atoms with Crippen LogP contribution >= 0.6 is 0 Å². The van der Waals surface area contributed by atoms with Crippen LogP contribution in [0.5, 0.6) is 0 Å². The van der Waals surface area contributed by atoms with Crippen molar-refractivity contribution in [3.63, 3.8) is 0 Å². The summed E-state index contributed by atoms with van der Waals surface area (Å²) in [5.74, 6) is 0.785. The van der Waals surface area contributed by atoms with Crippen molar-refractivity contribution in [2.45, 2.75) is 84.2 Å². The van der Waals surface area contributed by atoms with E-state index in [1.165, 1.54) is 51.5 Å². The molecule has 0 aromatic heterocycles. The molecule has 1 heterocycles. The van der Waals surface area contributed by atoms with Crippen LogP contribution in [0.3, 0.4) is 0 Å². The predicted molar refractivity (Wildman–Crippen MR) is 80.8 cm³/mol. The van der Waals surface area contributed by atoms with Gasteiger partial charge in [-0.15, -0.1) is 0 Å². The van der Waals surface area contributed by atoms with Gasteiger partial charge in [0, 0.05) is 18.1 Å². The molecule has 0 radical (unpaired) electrons. The largest absolute Gasteiger partial charge is 0.329 e. The van der Waals surface area contributed by atoms with E-state index in [4.69, 9.17) is 5.73 Å². The maximum Gasteiger partial charge on any atom is 0.0334 e. The standard InChI is InChI=1S/C16H34N2/c1-5-14(4)12-16(7-3,13-17)18-11-9-8-10-15(18)6-2/h14-15H,5-13,17H2,1-4H3. The molecule has 108 valence electrons. The number of nitrogens with zero attached hydrogens (tertiary/aromatic N) is 1. The highest BCUT2D eigenvalue weighted by molar-refractivity contribution is 4.96. The van der Waals surface area contributed by atoms with Crippen LogP contribution in [0.4, 0.5) is 0 Å². The Hall–Kier alpha value is -0.0800. The second kappa shape index (κ2) is 7.49. The van der Waals surface area contributed by atoms with Crippen LogP contribution < -0.4 is 5.73 Å². The van der Waals surface area contributed by atoms with E-state index in [0.717, 1.165) is 18.5 Å². The van der Waals surface area contributed by atoms with Gasteiger partial charge >= 0.3 is 0 Å². The van der Waals surface area contributed by atoms with Gasteiger partial charge in [-0.1, -0.05) is 40.5 Å². The van der Waals surface area contributed by atoms with E-state index in [1.54, 1.807) is 0 Å². The van der Waals surface area contributed by atoms with Crippen LogP contribution in [0.15, 0.2) is 0 Å². The lowest BCUT2D eigenvalue weighted by Gasteiger charge is -2.50. The normalized spacial score (nSPS) is 26.8. The van der Waals surface area contributed by atoms with Crippen molar-refractivity contribution < 1.29 is 0 Å². The fourth-order valence-corrected chi connectivity index (χ4v) is 3.65. The van der Waals surface area contributed by atoms with Crippen LogP contribution in [0.25, 0.3) is 0 Å². The van der Waals surface area contributed by atoms with Crippen molar-refractivity contribution in [3.05, 3.63) is 0 Å². The van der Waals surface area contributed by atoms with Crippen LogP contribution in [0.2, 0.25) is 0 Å². The zero-order chi connectivity index (χ0) is 13.6. The van der Waals surface area contributed by atoms with Gasteiger partial charge in [0.1, 0.15) is 0 Å². The first-order valence-electron chi connectivity index (χ1n) is 8.10. The molecule has 0 aromatic carbocycles. The first-order chi connectivity index (χ1) is 8.63. The Morgan fingerprint density at radius 1 is 1.28 bits per heavy atom. The van der Waals surface area contributed by atoms with Crippen molar-refractivity contribution >= 4 is 0 Å². The molecule has 0 bridgehead atoms. The molecular weight excluding hydrogens is 220 g/mol. The summed E-state index contributed by atoms with van der Waals surface area (Å²) in [5.41, 5.74) is 6.49. The van der Waals surface area contributed by atoms with Gasteiger partial charge < -0.3 is 5.73 Å². The topological polar surface area (TPSA) is 29.3 Å². The average Bonchev–Trinajstić information content (AvgIpc) is 2.44. The second-order valence-corrected chi connectivity index (χ2v) is 6.25. The summed E-state index contributed by atoms with van der Waals surface area (Å²) in [4.78, 5) is 2.78. The number of hydrogen-bond acceptors (Lipinski definition) is 2. The zero-order valence-corrected chi connectivity index (χ0v) is 13.0. The molecule has 1 rings (SSSR count). The minimum atomic E-state index is 0.260. The van der Waals surface area contributed by atoms with Crippen LogP contribution in [-0.2, 0) is 0 Å². The maximum atomic E-state index is 6.23. The molecule has 18 heavy (non-hydrogen) atoms. The fourth-order valence-electron chi connectivity index (χ4n) is 3.65. The van der Waals surface area contributed by atoms with Crippen molar-refractivity contribution in [2.75, 3.05) is 13.1 Å². The van der Waals surface area contributed by atoms with E-state index in [2.05, 4.69) is 32.6 Å². The van der Waals surface area contributed by atoms with Gasteiger partial charge in [-0.2, -0.15) is 0 Å². The first kappa shape index (κ1) is 16.0. The highest BCUT2D eigenvalue weighted by Crippen LogP contribution is 2.34. The molecule has 0 saturated carbocycles. The quantitative estimate of drug-likeness (QED) is 0.749. The number of piperidine rings is 1. The predicted octanol–water partition coefficient (Wildman–Crippen LogP) is 3.79. The highest BCUT2D eigenvalue weighted by atomic mass is 15.2. The van der Waals surface area contributed by atoms with Gasteiger partial charge in [-0.3, -0.25) is 4.90 Å². The van der Waals surface area contributed by atoms with Gasteiger partial charge in [0.2, 0.25) is 0 Å². The Balaban J connectivity index is 2.86. The lowest BCUT2D eigenvalue weighted by molar-refractivity contribution is 0.00204. The second-order valence-electron chi connectivity index (χ2n) is 6.25. The third-order valence-corrected chi connectivity index (χ3v) is 5.17. The number of hydrogen-bond donors (Lipinski definition) is 1. The monoisotopic (exact) mass is 254 g/mol. The molecule has 1 fully saturated rings. The molecule has 0 spiro atoms. The summed E-state index contributed by atoms with van der Waals surface area (Å²) in [7, 11) is 0. The Morgan fingerprint density at radius 3 is 2.50 bits per heavy atom. The zero-order valence-electron chi connectivity index (χ0n) is 13.0. The van der Waals surface area contributed by atoms with E-state index < -0.39 is 0 Å². The fraction of sp³-hybridized carbons (Fsp3) is 1.00. The molecule has 2 heteroatoms. The number of nitrogens with two attached hydrogens (primary N) is 1. The molecule has 1 saturated heterocycles. The average molecular weight is 254 g/mol. The van der Waals surface area contributed by atoms with Crippen LogP contribution in [0.1, 0.15) is 72.6 Å². The van der Waals surface area contributed by atoms with E-state index in [-0.39, 0.29) is 5.54 Å². The molecule has 0 aromatic rings. The Bertz CT molecular complexity index is 223. The van der Waals surface area contributed by atoms with Gasteiger partial charge in [-0.05, 0) is 44.6 Å². The van der Waals surface area contributed by atoms with E-state index >= 15 is 0 Å². The molecule has 3 unspecified atom stereocenters. The van der Waals surface area contributed by atoms with Gasteiger partial charge in [-0.25, -0.2) is 0 Å². The summed E-state index contributed by atoms with van der Waals surface area (Å²) < 4.78 is 0. The summed E-state index contributed by atoms with van der Waals surface area (Å²) in [6.45, 7) is 11.4. The van der Waals surface area contributed by atoms with Crippen LogP contribution in [0, 0.1) is 5.92 Å². The van der Waals surface area contributed by atoms with Crippen molar-refractivity contribution in [1.82, 2.24) is 4.90 Å². The maximum absolute atomic E-state index is 6.23. The SMILES string of the molecule is CCC(C)CC(CC)(CN)N1CCCCC1CC. The number of rotatable bonds is 7. The molecule has 2 nitrogen and oxygen atoms in total.